The van der Waals surface area contributed by atoms with Crippen LogP contribution in [0.3, 0.4) is 0 Å². The summed E-state index contributed by atoms with van der Waals surface area (Å²) >= 11 is 0. The number of carbonyl (C=O) groups excluding carboxylic acids is 1. The van der Waals surface area contributed by atoms with E-state index in [-0.39, 0.29) is 5.91 Å². The predicted octanol–water partition coefficient (Wildman–Crippen LogP) is 1.58. The van der Waals surface area contributed by atoms with Crippen LogP contribution in [0.5, 0.6) is 0 Å². The van der Waals surface area contributed by atoms with E-state index >= 15 is 0 Å². The monoisotopic (exact) mass is 273 g/mol. The normalized spacial score (nSPS) is 15.2. The molecule has 1 aliphatic rings. The van der Waals surface area contributed by atoms with Gasteiger partial charge in [-0.05, 0) is 18.6 Å². The number of nitrogens with one attached hydrogen (secondary N) is 1. The lowest BCUT2D eigenvalue weighted by molar-refractivity contribution is -0.133. The number of hydrogen-bond acceptors (Lipinski definition) is 4. The molecule has 0 atom stereocenters. The predicted molar refractivity (Wildman–Crippen MR) is 76.4 cm³/mol. The van der Waals surface area contributed by atoms with Gasteiger partial charge in [0.15, 0.2) is 5.58 Å². The molecule has 5 heteroatoms. The summed E-state index contributed by atoms with van der Waals surface area (Å²) in [5.74, 6) is 0.136. The number of amides is 1. The van der Waals surface area contributed by atoms with Crippen molar-refractivity contribution in [2.24, 2.45) is 0 Å². The van der Waals surface area contributed by atoms with Crippen LogP contribution in [0, 0.1) is 0 Å². The molecule has 0 unspecified atom stereocenters. The zero-order valence-corrected chi connectivity index (χ0v) is 11.6. The lowest BCUT2D eigenvalue weighted by Crippen LogP contribution is -2.59. The van der Waals surface area contributed by atoms with E-state index in [2.05, 4.69) is 17.4 Å². The van der Waals surface area contributed by atoms with Gasteiger partial charge in [0.1, 0.15) is 5.69 Å². The Morgan fingerprint density at radius 1 is 1.45 bits per heavy atom. The van der Waals surface area contributed by atoms with Gasteiger partial charge in [0.05, 0.1) is 12.5 Å². The van der Waals surface area contributed by atoms with Crippen molar-refractivity contribution >= 4 is 16.9 Å². The molecule has 1 amide bonds. The maximum atomic E-state index is 12.5. The molecule has 0 saturated carbocycles. The van der Waals surface area contributed by atoms with Crippen molar-refractivity contribution in [2.45, 2.75) is 25.8 Å². The van der Waals surface area contributed by atoms with E-state index in [0.717, 1.165) is 42.7 Å². The van der Waals surface area contributed by atoms with Crippen molar-refractivity contribution in [3.63, 3.8) is 0 Å². The molecule has 20 heavy (non-hydrogen) atoms. The number of rotatable bonds is 5. The van der Waals surface area contributed by atoms with E-state index < -0.39 is 0 Å². The smallest absolute Gasteiger partial charge is 0.229 e. The molecule has 2 heterocycles. The molecule has 2 aromatic rings. The van der Waals surface area contributed by atoms with Crippen LogP contribution in [0.15, 0.2) is 28.8 Å². The topological polar surface area (TPSA) is 58.4 Å². The van der Waals surface area contributed by atoms with Crippen molar-refractivity contribution in [1.82, 2.24) is 15.4 Å². The van der Waals surface area contributed by atoms with Crippen LogP contribution >= 0.6 is 0 Å². The highest BCUT2D eigenvalue weighted by Crippen LogP contribution is 2.19. The Kier molecular flexibility index (Phi) is 3.69. The molecule has 0 bridgehead atoms. The average Bonchev–Trinajstić information content (AvgIpc) is 2.80. The Morgan fingerprint density at radius 2 is 2.25 bits per heavy atom. The summed E-state index contributed by atoms with van der Waals surface area (Å²) in [6, 6.07) is 8.00. The van der Waals surface area contributed by atoms with E-state index in [9.17, 15) is 4.79 Å². The summed E-state index contributed by atoms with van der Waals surface area (Å²) in [7, 11) is 0. The van der Waals surface area contributed by atoms with Gasteiger partial charge in [-0.1, -0.05) is 24.2 Å². The summed E-state index contributed by atoms with van der Waals surface area (Å²) in [5, 5.41) is 8.19. The SMILES string of the molecule is CCCN(C(=O)Cc1noc2ccccc12)C1CNC1. The number of carbonyl (C=O) groups is 1. The van der Waals surface area contributed by atoms with Gasteiger partial charge in [0, 0.05) is 25.0 Å². The van der Waals surface area contributed by atoms with Crippen LogP contribution in [0.2, 0.25) is 0 Å². The molecule has 106 valence electrons. The summed E-state index contributed by atoms with van der Waals surface area (Å²) in [6.07, 6.45) is 1.29. The molecule has 3 rings (SSSR count). The van der Waals surface area contributed by atoms with Crippen LogP contribution in [-0.2, 0) is 11.2 Å². The van der Waals surface area contributed by atoms with Crippen LogP contribution in [0.25, 0.3) is 11.0 Å². The molecule has 1 N–H and O–H groups in total. The van der Waals surface area contributed by atoms with Gasteiger partial charge < -0.3 is 14.7 Å². The van der Waals surface area contributed by atoms with E-state index in [1.807, 2.05) is 29.2 Å². The maximum absolute atomic E-state index is 12.5. The highest BCUT2D eigenvalue weighted by molar-refractivity contribution is 5.86. The maximum Gasteiger partial charge on any atom is 0.229 e. The van der Waals surface area contributed by atoms with Crippen molar-refractivity contribution in [3.05, 3.63) is 30.0 Å². The van der Waals surface area contributed by atoms with E-state index in [0.29, 0.717) is 12.5 Å². The fourth-order valence-corrected chi connectivity index (χ4v) is 2.56. The lowest BCUT2D eigenvalue weighted by Gasteiger charge is -2.38. The molecule has 1 aromatic heterocycles. The van der Waals surface area contributed by atoms with Crippen molar-refractivity contribution in [1.29, 1.82) is 0 Å². The zero-order valence-electron chi connectivity index (χ0n) is 11.6. The van der Waals surface area contributed by atoms with Crippen LogP contribution < -0.4 is 5.32 Å². The second-order valence-corrected chi connectivity index (χ2v) is 5.20. The molecule has 0 radical (unpaired) electrons. The van der Waals surface area contributed by atoms with Gasteiger partial charge in [0.2, 0.25) is 5.91 Å². The van der Waals surface area contributed by atoms with Crippen LogP contribution in [0.4, 0.5) is 0 Å². The first kappa shape index (κ1) is 13.1. The Morgan fingerprint density at radius 3 is 2.95 bits per heavy atom. The quantitative estimate of drug-likeness (QED) is 0.898. The fraction of sp³-hybridized carbons (Fsp3) is 0.467. The van der Waals surface area contributed by atoms with E-state index in [1.165, 1.54) is 0 Å². The first-order valence-electron chi connectivity index (χ1n) is 7.13. The molecular weight excluding hydrogens is 254 g/mol. The van der Waals surface area contributed by atoms with Gasteiger partial charge in [0.25, 0.3) is 0 Å². The van der Waals surface area contributed by atoms with Gasteiger partial charge in [-0.25, -0.2) is 0 Å². The molecule has 5 nitrogen and oxygen atoms in total. The summed E-state index contributed by atoms with van der Waals surface area (Å²) < 4.78 is 5.26. The number of hydrogen-bond donors (Lipinski definition) is 1. The molecule has 0 spiro atoms. The Hall–Kier alpha value is -1.88. The van der Waals surface area contributed by atoms with Crippen molar-refractivity contribution in [2.75, 3.05) is 19.6 Å². The number of nitrogens with zero attached hydrogens (tertiary/aromatic N) is 2. The second kappa shape index (κ2) is 5.63. The second-order valence-electron chi connectivity index (χ2n) is 5.20. The molecule has 1 aromatic carbocycles. The Balaban J connectivity index is 1.76. The fourth-order valence-electron chi connectivity index (χ4n) is 2.56. The molecule has 1 fully saturated rings. The minimum absolute atomic E-state index is 0.136. The molecule has 1 saturated heterocycles. The van der Waals surface area contributed by atoms with E-state index in [1.54, 1.807) is 0 Å². The Labute approximate surface area is 117 Å². The number of para-hydroxylation sites is 1. The third-order valence-electron chi connectivity index (χ3n) is 3.76. The summed E-state index contributed by atoms with van der Waals surface area (Å²) in [4.78, 5) is 14.5. The minimum Gasteiger partial charge on any atom is -0.356 e. The van der Waals surface area contributed by atoms with Gasteiger partial charge in [-0.2, -0.15) is 0 Å². The van der Waals surface area contributed by atoms with Crippen molar-refractivity contribution < 1.29 is 9.32 Å². The third kappa shape index (κ3) is 2.41. The zero-order chi connectivity index (χ0) is 13.9. The number of benzene rings is 1. The molecule has 0 aliphatic carbocycles. The first-order valence-corrected chi connectivity index (χ1v) is 7.13. The highest BCUT2D eigenvalue weighted by atomic mass is 16.5. The van der Waals surface area contributed by atoms with Crippen LogP contribution in [0.1, 0.15) is 19.0 Å². The molecule has 1 aliphatic heterocycles. The summed E-state index contributed by atoms with van der Waals surface area (Å²) in [5.41, 5.74) is 1.47. The van der Waals surface area contributed by atoms with Gasteiger partial charge >= 0.3 is 0 Å². The van der Waals surface area contributed by atoms with Gasteiger partial charge in [-0.3, -0.25) is 4.79 Å². The first-order chi connectivity index (χ1) is 9.79. The van der Waals surface area contributed by atoms with Crippen LogP contribution in [-0.4, -0.2) is 41.6 Å². The standard InChI is InChI=1S/C15H19N3O2/c1-2-7-18(11-9-16-10-11)15(19)8-13-12-5-3-4-6-14(12)20-17-13/h3-6,11,16H,2,7-10H2,1H3. The molecular formula is C15H19N3O2. The summed E-state index contributed by atoms with van der Waals surface area (Å²) in [6.45, 7) is 4.69. The Bertz CT molecular complexity index is 604. The van der Waals surface area contributed by atoms with Crippen molar-refractivity contribution in [3.8, 4) is 0 Å². The largest absolute Gasteiger partial charge is 0.356 e. The average molecular weight is 273 g/mol. The minimum atomic E-state index is 0.136. The van der Waals surface area contributed by atoms with E-state index in [4.69, 9.17) is 4.52 Å². The lowest BCUT2D eigenvalue weighted by atomic mass is 10.1. The number of aromatic nitrogens is 1. The van der Waals surface area contributed by atoms with Gasteiger partial charge in [-0.15, -0.1) is 0 Å². The third-order valence-corrected chi connectivity index (χ3v) is 3.76. The highest BCUT2D eigenvalue weighted by Gasteiger charge is 2.28. The number of fused-ring (bicyclic) bond motifs is 1.